The number of amides is 2. The molecule has 0 fully saturated rings. The lowest BCUT2D eigenvalue weighted by molar-refractivity contribution is -0.140. The summed E-state index contributed by atoms with van der Waals surface area (Å²) in [5, 5.41) is 2.99. The van der Waals surface area contributed by atoms with Gasteiger partial charge < -0.3 is 10.2 Å². The first-order chi connectivity index (χ1) is 21.2. The molecule has 0 aliphatic heterocycles. The fourth-order valence-corrected chi connectivity index (χ4v) is 6.45. The lowest BCUT2D eigenvalue weighted by atomic mass is 10.0. The number of carbonyl (C=O) groups excluding carboxylic acids is 2. The van der Waals surface area contributed by atoms with Crippen molar-refractivity contribution in [3.8, 4) is 0 Å². The van der Waals surface area contributed by atoms with E-state index in [1.807, 2.05) is 58.0 Å². The Morgan fingerprint density at radius 2 is 1.44 bits per heavy atom. The highest BCUT2D eigenvalue weighted by Gasteiger charge is 2.35. The number of benzene rings is 4. The number of nitrogens with one attached hydrogen (secondary N) is 1. The van der Waals surface area contributed by atoms with Crippen LogP contribution in [-0.4, -0.2) is 43.3 Å². The third-order valence-corrected chi connectivity index (χ3v) is 9.35. The predicted octanol–water partition coefficient (Wildman–Crippen LogP) is 6.65. The molecule has 1 N–H and O–H groups in total. The highest BCUT2D eigenvalue weighted by molar-refractivity contribution is 9.10. The van der Waals surface area contributed by atoms with Gasteiger partial charge in [0.25, 0.3) is 10.0 Å². The first kappa shape index (κ1) is 33.9. The quantitative estimate of drug-likeness (QED) is 0.191. The number of hydrogen-bond donors (Lipinski definition) is 1. The molecule has 10 heteroatoms. The summed E-state index contributed by atoms with van der Waals surface area (Å²) < 4.78 is 43.8. The molecule has 1 atom stereocenters. The molecule has 0 bridgehead atoms. The van der Waals surface area contributed by atoms with Crippen LogP contribution in [0.1, 0.15) is 37.5 Å². The molecule has 45 heavy (non-hydrogen) atoms. The van der Waals surface area contributed by atoms with Crippen molar-refractivity contribution in [1.29, 1.82) is 0 Å². The van der Waals surface area contributed by atoms with Crippen LogP contribution in [0.2, 0.25) is 0 Å². The summed E-state index contributed by atoms with van der Waals surface area (Å²) in [5.41, 5.74) is 1.98. The zero-order valence-electron chi connectivity index (χ0n) is 25.7. The third kappa shape index (κ3) is 9.25. The summed E-state index contributed by atoms with van der Waals surface area (Å²) in [6.45, 7) is 6.77. The maximum Gasteiger partial charge on any atom is 0.264 e. The average Bonchev–Trinajstić information content (AvgIpc) is 2.99. The minimum absolute atomic E-state index is 0.0280. The fraction of sp³-hybridized carbons (Fsp3) is 0.257. The smallest absolute Gasteiger partial charge is 0.264 e. The number of halogens is 2. The van der Waals surface area contributed by atoms with Crippen LogP contribution in [0.4, 0.5) is 10.1 Å². The highest BCUT2D eigenvalue weighted by Crippen LogP contribution is 2.27. The van der Waals surface area contributed by atoms with Gasteiger partial charge in [0, 0.05) is 23.0 Å². The van der Waals surface area contributed by atoms with Gasteiger partial charge in [-0.15, -0.1) is 0 Å². The summed E-state index contributed by atoms with van der Waals surface area (Å²) in [4.78, 5) is 29.8. The van der Waals surface area contributed by atoms with Crippen LogP contribution in [0, 0.1) is 12.7 Å². The number of sulfonamides is 1. The molecule has 0 saturated carbocycles. The van der Waals surface area contributed by atoms with Gasteiger partial charge in [-0.05, 0) is 87.4 Å². The second kappa shape index (κ2) is 14.4. The number of rotatable bonds is 11. The van der Waals surface area contributed by atoms with Crippen molar-refractivity contribution >= 4 is 43.5 Å². The number of anilines is 1. The SMILES string of the molecule is Cc1ccc(S(=O)(=O)N(CC(=O)N(Cc2ccc(F)cc2)C(Cc2ccccc2)C(=O)NC(C)(C)C)c2ccc(Br)cc2)cc1. The van der Waals surface area contributed by atoms with E-state index in [0.29, 0.717) is 5.56 Å². The van der Waals surface area contributed by atoms with E-state index in [-0.39, 0.29) is 23.5 Å². The molecule has 0 aliphatic carbocycles. The van der Waals surface area contributed by atoms with Crippen molar-refractivity contribution in [1.82, 2.24) is 10.2 Å². The largest absolute Gasteiger partial charge is 0.350 e. The maximum atomic E-state index is 14.5. The molecule has 0 radical (unpaired) electrons. The van der Waals surface area contributed by atoms with Gasteiger partial charge in [0.05, 0.1) is 10.6 Å². The van der Waals surface area contributed by atoms with Gasteiger partial charge >= 0.3 is 0 Å². The van der Waals surface area contributed by atoms with Crippen LogP contribution in [0.5, 0.6) is 0 Å². The fourth-order valence-electron chi connectivity index (χ4n) is 4.77. The van der Waals surface area contributed by atoms with Gasteiger partial charge in [-0.1, -0.05) is 76.1 Å². The molecule has 2 amide bonds. The van der Waals surface area contributed by atoms with E-state index in [2.05, 4.69) is 21.2 Å². The molecular weight excluding hydrogens is 657 g/mol. The Bertz CT molecular complexity index is 1710. The molecule has 7 nitrogen and oxygen atoms in total. The van der Waals surface area contributed by atoms with Gasteiger partial charge in [-0.25, -0.2) is 12.8 Å². The van der Waals surface area contributed by atoms with E-state index in [0.717, 1.165) is 19.9 Å². The molecule has 4 aromatic carbocycles. The number of hydrogen-bond acceptors (Lipinski definition) is 4. The summed E-state index contributed by atoms with van der Waals surface area (Å²) in [6, 6.07) is 27.0. The average molecular weight is 695 g/mol. The van der Waals surface area contributed by atoms with Crippen LogP contribution < -0.4 is 9.62 Å². The first-order valence-corrected chi connectivity index (χ1v) is 16.7. The van der Waals surface area contributed by atoms with Crippen molar-refractivity contribution in [2.24, 2.45) is 0 Å². The van der Waals surface area contributed by atoms with Gasteiger partial charge in [0.15, 0.2) is 0 Å². The van der Waals surface area contributed by atoms with Gasteiger partial charge in [-0.3, -0.25) is 13.9 Å². The molecule has 0 spiro atoms. The van der Waals surface area contributed by atoms with Crippen LogP contribution in [-0.2, 0) is 32.6 Å². The number of nitrogens with zero attached hydrogens (tertiary/aromatic N) is 2. The van der Waals surface area contributed by atoms with Gasteiger partial charge in [0.1, 0.15) is 18.4 Å². The van der Waals surface area contributed by atoms with E-state index >= 15 is 0 Å². The van der Waals surface area contributed by atoms with E-state index in [1.54, 1.807) is 48.5 Å². The Morgan fingerprint density at radius 1 is 0.844 bits per heavy atom. The monoisotopic (exact) mass is 693 g/mol. The Balaban J connectivity index is 1.81. The molecule has 1 unspecified atom stereocenters. The molecule has 0 aliphatic rings. The van der Waals surface area contributed by atoms with Crippen molar-refractivity contribution in [3.05, 3.63) is 130 Å². The second-order valence-corrected chi connectivity index (χ2v) is 14.7. The molecule has 4 aromatic rings. The molecule has 4 rings (SSSR count). The Labute approximate surface area is 273 Å². The van der Waals surface area contributed by atoms with E-state index in [9.17, 15) is 22.4 Å². The lowest BCUT2D eigenvalue weighted by Crippen LogP contribution is -2.56. The zero-order valence-corrected chi connectivity index (χ0v) is 28.1. The van der Waals surface area contributed by atoms with Crippen LogP contribution >= 0.6 is 15.9 Å². The zero-order chi connectivity index (χ0) is 32.8. The van der Waals surface area contributed by atoms with Gasteiger partial charge in [0.2, 0.25) is 11.8 Å². The number of carbonyl (C=O) groups is 2. The maximum absolute atomic E-state index is 14.5. The Hall–Kier alpha value is -4.02. The summed E-state index contributed by atoms with van der Waals surface area (Å²) in [5.74, 6) is -1.42. The topological polar surface area (TPSA) is 86.8 Å². The van der Waals surface area contributed by atoms with E-state index < -0.39 is 45.8 Å². The minimum Gasteiger partial charge on any atom is -0.350 e. The van der Waals surface area contributed by atoms with E-state index in [1.165, 1.54) is 29.2 Å². The first-order valence-electron chi connectivity index (χ1n) is 14.5. The lowest BCUT2D eigenvalue weighted by Gasteiger charge is -2.35. The molecule has 236 valence electrons. The van der Waals surface area contributed by atoms with Crippen LogP contribution in [0.15, 0.2) is 112 Å². The van der Waals surface area contributed by atoms with E-state index in [4.69, 9.17) is 0 Å². The van der Waals surface area contributed by atoms with Crippen LogP contribution in [0.25, 0.3) is 0 Å². The van der Waals surface area contributed by atoms with Crippen molar-refractivity contribution < 1.29 is 22.4 Å². The Morgan fingerprint density at radius 3 is 2.02 bits per heavy atom. The highest BCUT2D eigenvalue weighted by atomic mass is 79.9. The summed E-state index contributed by atoms with van der Waals surface area (Å²) in [6.07, 6.45) is 0.179. The third-order valence-electron chi connectivity index (χ3n) is 7.04. The summed E-state index contributed by atoms with van der Waals surface area (Å²) in [7, 11) is -4.20. The van der Waals surface area contributed by atoms with Crippen LogP contribution in [0.3, 0.4) is 0 Å². The standard InChI is InChI=1S/C35H37BrFN3O4S/c1-25-10-20-31(21-11-25)45(43,44)40(30-18-14-28(36)15-19-30)24-33(41)39(23-27-12-16-29(37)17-13-27)32(34(42)38-35(2,3)4)22-26-8-6-5-7-9-26/h5-21,32H,22-24H2,1-4H3,(H,38,42). The predicted molar refractivity (Wildman–Crippen MR) is 179 cm³/mol. The molecule has 0 heterocycles. The molecule has 0 saturated heterocycles. The molecule has 0 aromatic heterocycles. The Kier molecular flexibility index (Phi) is 10.8. The molecular formula is C35H37BrFN3O4S. The normalized spacial score (nSPS) is 12.3. The second-order valence-electron chi connectivity index (χ2n) is 11.9. The van der Waals surface area contributed by atoms with Crippen molar-refractivity contribution in [3.63, 3.8) is 0 Å². The van der Waals surface area contributed by atoms with Crippen molar-refractivity contribution in [2.75, 3.05) is 10.8 Å². The summed E-state index contributed by atoms with van der Waals surface area (Å²) >= 11 is 3.39. The minimum atomic E-state index is -4.20. The number of aryl methyl sites for hydroxylation is 1. The van der Waals surface area contributed by atoms with Crippen molar-refractivity contribution in [2.45, 2.75) is 57.1 Å². The van der Waals surface area contributed by atoms with Gasteiger partial charge in [-0.2, -0.15) is 0 Å².